The molecule has 0 saturated heterocycles. The smallest absolute Gasteiger partial charge is 0.0706 e. The van der Waals surface area contributed by atoms with Gasteiger partial charge >= 0.3 is 0 Å². The van der Waals surface area contributed by atoms with Crippen molar-refractivity contribution in [1.29, 1.82) is 0 Å². The zero-order valence-electron chi connectivity index (χ0n) is 36.4. The first kappa shape index (κ1) is 39.3. The minimum atomic E-state index is -0.394. The lowest BCUT2D eigenvalue weighted by atomic mass is 9.76. The molecule has 2 nitrogen and oxygen atoms in total. The van der Waals surface area contributed by atoms with E-state index in [2.05, 4.69) is 217 Å². The summed E-state index contributed by atoms with van der Waals surface area (Å²) in [6.45, 7) is 32.1. The number of benzene rings is 5. The van der Waals surface area contributed by atoms with E-state index < -0.39 is 5.41 Å². The molecule has 2 heterocycles. The van der Waals surface area contributed by atoms with E-state index in [0.717, 1.165) is 17.0 Å². The maximum absolute atomic E-state index is 5.54. The molecule has 288 valence electrons. The third-order valence-electron chi connectivity index (χ3n) is 11.9. The highest BCUT2D eigenvalue weighted by molar-refractivity contribution is 6.09. The van der Waals surface area contributed by atoms with Gasteiger partial charge in [0.1, 0.15) is 0 Å². The summed E-state index contributed by atoms with van der Waals surface area (Å²) in [6.07, 6.45) is 0. The number of H-pyrrole nitrogens is 1. The molecule has 0 fully saturated rings. The largest absolute Gasteiger partial charge is 0.354 e. The van der Waals surface area contributed by atoms with Crippen LogP contribution in [0.25, 0.3) is 55.3 Å². The monoisotopic (exact) mass is 738 g/mol. The Balaban J connectivity index is 1.39. The molecule has 56 heavy (non-hydrogen) atoms. The number of nitrogens with one attached hydrogen (secondary N) is 1. The summed E-state index contributed by atoms with van der Waals surface area (Å²) in [7, 11) is 0. The number of hydrogen-bond donors (Lipinski definition) is 1. The van der Waals surface area contributed by atoms with Crippen molar-refractivity contribution in [1.82, 2.24) is 9.97 Å². The molecule has 0 spiro atoms. The average Bonchev–Trinajstić information content (AvgIpc) is 3.51. The van der Waals surface area contributed by atoms with Gasteiger partial charge in [-0.3, -0.25) is 4.98 Å². The standard InChI is InChI=1S/C54H62N2/c1-50(2,3)39-22-18-34(19-23-39)36-28-37(35-20-24-40(25-21-35)51(4,5)6)30-38(29-36)46-16-15-17-48(55-46)54(13,14)45-33-42(53(10,11)12)32-44-43-31-41(52(7,8)9)26-27-47(43)56-49(44)45/h15-33,56H,1-14H3. The van der Waals surface area contributed by atoms with Crippen LogP contribution in [0.3, 0.4) is 0 Å². The third-order valence-corrected chi connectivity index (χ3v) is 11.9. The van der Waals surface area contributed by atoms with Gasteiger partial charge in [-0.1, -0.05) is 164 Å². The predicted molar refractivity (Wildman–Crippen MR) is 243 cm³/mol. The fourth-order valence-electron chi connectivity index (χ4n) is 7.91. The van der Waals surface area contributed by atoms with E-state index in [0.29, 0.717) is 0 Å². The lowest BCUT2D eigenvalue weighted by Crippen LogP contribution is -2.23. The number of aromatic nitrogens is 2. The molecule has 7 aromatic rings. The average molecular weight is 739 g/mol. The molecule has 0 atom stereocenters. The zero-order valence-corrected chi connectivity index (χ0v) is 36.4. The Morgan fingerprint density at radius 1 is 0.393 bits per heavy atom. The Hall–Kier alpha value is -4.95. The second-order valence-electron chi connectivity index (χ2n) is 20.8. The molecule has 2 heteroatoms. The van der Waals surface area contributed by atoms with Gasteiger partial charge in [-0.2, -0.15) is 0 Å². The molecule has 0 aliphatic heterocycles. The van der Waals surface area contributed by atoms with Crippen LogP contribution in [0.4, 0.5) is 0 Å². The Morgan fingerprint density at radius 3 is 1.36 bits per heavy atom. The van der Waals surface area contributed by atoms with Gasteiger partial charge in [0, 0.05) is 27.3 Å². The van der Waals surface area contributed by atoms with Crippen molar-refractivity contribution in [3.05, 3.63) is 149 Å². The van der Waals surface area contributed by atoms with Crippen LogP contribution in [0.15, 0.2) is 115 Å². The van der Waals surface area contributed by atoms with Crippen LogP contribution in [0.1, 0.15) is 130 Å². The van der Waals surface area contributed by atoms with Gasteiger partial charge in [-0.05, 0) is 120 Å². The zero-order chi connectivity index (χ0) is 40.6. The van der Waals surface area contributed by atoms with E-state index in [1.165, 1.54) is 71.9 Å². The summed E-state index contributed by atoms with van der Waals surface area (Å²) in [5, 5.41) is 2.57. The molecule has 0 radical (unpaired) electrons. The molecule has 1 N–H and O–H groups in total. The molecule has 5 aromatic carbocycles. The van der Waals surface area contributed by atoms with Crippen LogP contribution < -0.4 is 0 Å². The van der Waals surface area contributed by atoms with Crippen molar-refractivity contribution in [2.75, 3.05) is 0 Å². The van der Waals surface area contributed by atoms with Crippen LogP contribution in [0.5, 0.6) is 0 Å². The predicted octanol–water partition coefficient (Wildman–Crippen LogP) is 15.2. The normalized spacial score (nSPS) is 13.2. The van der Waals surface area contributed by atoms with Crippen molar-refractivity contribution in [2.45, 2.75) is 124 Å². The number of rotatable bonds is 5. The van der Waals surface area contributed by atoms with Gasteiger partial charge < -0.3 is 4.98 Å². The fourth-order valence-corrected chi connectivity index (χ4v) is 7.91. The van der Waals surface area contributed by atoms with Crippen LogP contribution in [-0.2, 0) is 27.1 Å². The van der Waals surface area contributed by atoms with Crippen LogP contribution in [0, 0.1) is 0 Å². The van der Waals surface area contributed by atoms with Gasteiger partial charge in [0.25, 0.3) is 0 Å². The summed E-state index contributed by atoms with van der Waals surface area (Å²) in [5.41, 5.74) is 16.8. The molecule has 0 saturated carbocycles. The maximum Gasteiger partial charge on any atom is 0.0706 e. The maximum atomic E-state index is 5.54. The molecule has 0 aliphatic carbocycles. The van der Waals surface area contributed by atoms with Gasteiger partial charge in [0.2, 0.25) is 0 Å². The SMILES string of the molecule is CC(C)(C)c1ccc(-c2cc(-c3ccc(C(C)(C)C)cc3)cc(-c3cccc(C(C)(C)c4cc(C(C)(C)C)cc5c4[nH]c4ccc(C(C)(C)C)cc45)n3)c2)cc1. The summed E-state index contributed by atoms with van der Waals surface area (Å²) in [4.78, 5) is 9.41. The lowest BCUT2D eigenvalue weighted by molar-refractivity contribution is 0.581. The first-order valence-electron chi connectivity index (χ1n) is 20.5. The number of hydrogen-bond acceptors (Lipinski definition) is 1. The molecule has 2 aromatic heterocycles. The number of nitrogens with zero attached hydrogens (tertiary/aromatic N) is 1. The van der Waals surface area contributed by atoms with Crippen LogP contribution in [-0.4, -0.2) is 9.97 Å². The first-order chi connectivity index (χ1) is 26.0. The highest BCUT2D eigenvalue weighted by Crippen LogP contribution is 2.43. The highest BCUT2D eigenvalue weighted by atomic mass is 14.8. The summed E-state index contributed by atoms with van der Waals surface area (Å²) in [6, 6.07) is 43.5. The van der Waals surface area contributed by atoms with Crippen molar-refractivity contribution in [2.24, 2.45) is 0 Å². The van der Waals surface area contributed by atoms with E-state index >= 15 is 0 Å². The number of pyridine rings is 1. The van der Waals surface area contributed by atoms with Crippen LogP contribution in [0.2, 0.25) is 0 Å². The van der Waals surface area contributed by atoms with E-state index in [9.17, 15) is 0 Å². The second kappa shape index (κ2) is 13.6. The number of aromatic amines is 1. The Kier molecular flexibility index (Phi) is 9.55. The second-order valence-corrected chi connectivity index (χ2v) is 20.8. The minimum absolute atomic E-state index is 0.0213. The molecule has 0 amide bonds. The summed E-state index contributed by atoms with van der Waals surface area (Å²) >= 11 is 0. The van der Waals surface area contributed by atoms with Gasteiger partial charge in [0.05, 0.1) is 16.9 Å². The Labute approximate surface area is 336 Å². The minimum Gasteiger partial charge on any atom is -0.354 e. The molecule has 0 bridgehead atoms. The summed E-state index contributed by atoms with van der Waals surface area (Å²) in [5.74, 6) is 0. The number of fused-ring (bicyclic) bond motifs is 3. The molecular weight excluding hydrogens is 677 g/mol. The molecule has 0 unspecified atom stereocenters. The molecular formula is C54H62N2. The molecule has 7 rings (SSSR count). The quantitative estimate of drug-likeness (QED) is 0.187. The van der Waals surface area contributed by atoms with Crippen LogP contribution >= 0.6 is 0 Å². The Morgan fingerprint density at radius 2 is 0.857 bits per heavy atom. The van der Waals surface area contributed by atoms with Crippen molar-refractivity contribution < 1.29 is 0 Å². The highest BCUT2D eigenvalue weighted by Gasteiger charge is 2.31. The van der Waals surface area contributed by atoms with Gasteiger partial charge in [-0.15, -0.1) is 0 Å². The van der Waals surface area contributed by atoms with E-state index in [-0.39, 0.29) is 21.7 Å². The fraction of sp³-hybridized carbons (Fsp3) is 0.352. The topological polar surface area (TPSA) is 28.7 Å². The Bertz CT molecular complexity index is 2470. The van der Waals surface area contributed by atoms with E-state index in [1.54, 1.807) is 0 Å². The third kappa shape index (κ3) is 7.60. The van der Waals surface area contributed by atoms with Gasteiger partial charge in [0.15, 0.2) is 0 Å². The van der Waals surface area contributed by atoms with Crippen molar-refractivity contribution in [3.63, 3.8) is 0 Å². The van der Waals surface area contributed by atoms with Crippen molar-refractivity contribution in [3.8, 4) is 33.5 Å². The lowest BCUT2D eigenvalue weighted by Gasteiger charge is -2.29. The first-order valence-corrected chi connectivity index (χ1v) is 20.5. The molecule has 0 aliphatic rings. The van der Waals surface area contributed by atoms with Gasteiger partial charge in [-0.25, -0.2) is 0 Å². The van der Waals surface area contributed by atoms with Crippen molar-refractivity contribution >= 4 is 21.8 Å². The van der Waals surface area contributed by atoms with E-state index in [4.69, 9.17) is 4.98 Å². The summed E-state index contributed by atoms with van der Waals surface area (Å²) < 4.78 is 0. The van der Waals surface area contributed by atoms with E-state index in [1.807, 2.05) is 0 Å².